The van der Waals surface area contributed by atoms with E-state index in [1.165, 1.54) is 11.3 Å². The van der Waals surface area contributed by atoms with Gasteiger partial charge in [0.25, 0.3) is 0 Å². The second kappa shape index (κ2) is 5.91. The van der Waals surface area contributed by atoms with Crippen molar-refractivity contribution >= 4 is 23.2 Å². The van der Waals surface area contributed by atoms with Crippen molar-refractivity contribution in [3.63, 3.8) is 0 Å². The van der Waals surface area contributed by atoms with E-state index in [2.05, 4.69) is 10.3 Å². The first kappa shape index (κ1) is 15.0. The van der Waals surface area contributed by atoms with Crippen LogP contribution in [0, 0.1) is 0 Å². The number of thiazole rings is 1. The van der Waals surface area contributed by atoms with Crippen LogP contribution in [-0.4, -0.2) is 33.3 Å². The maximum Gasteiger partial charge on any atom is 0.246 e. The van der Waals surface area contributed by atoms with Crippen molar-refractivity contribution < 1.29 is 9.59 Å². The van der Waals surface area contributed by atoms with Crippen LogP contribution in [0.2, 0.25) is 0 Å². The highest BCUT2D eigenvalue weighted by Gasteiger charge is 2.49. The molecule has 5 nitrogen and oxygen atoms in total. The molecule has 0 radical (unpaired) electrons. The van der Waals surface area contributed by atoms with Crippen LogP contribution in [0.1, 0.15) is 44.9 Å². The fourth-order valence-electron chi connectivity index (χ4n) is 2.81. The fourth-order valence-corrected chi connectivity index (χ4v) is 3.39. The normalized spacial score (nSPS) is 21.9. The molecule has 6 heteroatoms. The minimum absolute atomic E-state index is 0.0178. The second-order valence-corrected chi connectivity index (χ2v) is 6.04. The van der Waals surface area contributed by atoms with E-state index >= 15 is 0 Å². The highest BCUT2D eigenvalue weighted by atomic mass is 32.1. The number of carbonyl (C=O) groups excluding carboxylic acids is 2. The summed E-state index contributed by atoms with van der Waals surface area (Å²) < 4.78 is 0. The number of rotatable bonds is 5. The van der Waals surface area contributed by atoms with Gasteiger partial charge in [0, 0.05) is 11.1 Å². The lowest BCUT2D eigenvalue weighted by atomic mass is 9.85. The van der Waals surface area contributed by atoms with Crippen LogP contribution in [0.25, 0.3) is 0 Å². The Labute approximate surface area is 123 Å². The summed E-state index contributed by atoms with van der Waals surface area (Å²) in [7, 11) is 0. The third-order valence-corrected chi connectivity index (χ3v) is 4.95. The number of amides is 2. The molecule has 2 heterocycles. The first-order chi connectivity index (χ1) is 9.58. The van der Waals surface area contributed by atoms with E-state index in [0.717, 1.165) is 4.88 Å². The molecule has 1 unspecified atom stereocenters. The number of aromatic nitrogens is 1. The minimum atomic E-state index is -0.729. The van der Waals surface area contributed by atoms with Crippen molar-refractivity contribution in [3.8, 4) is 0 Å². The smallest absolute Gasteiger partial charge is 0.246 e. The molecule has 0 bridgehead atoms. The Hall–Kier alpha value is -1.43. The Morgan fingerprint density at radius 2 is 2.05 bits per heavy atom. The molecule has 0 aliphatic carbocycles. The molecule has 1 fully saturated rings. The summed E-state index contributed by atoms with van der Waals surface area (Å²) in [6.07, 6.45) is 3.63. The summed E-state index contributed by atoms with van der Waals surface area (Å²) in [5.41, 5.74) is 1.02. The zero-order valence-electron chi connectivity index (χ0n) is 12.2. The van der Waals surface area contributed by atoms with Gasteiger partial charge in [-0.05, 0) is 19.3 Å². The average molecular weight is 295 g/mol. The van der Waals surface area contributed by atoms with Crippen molar-refractivity contribution in [2.24, 2.45) is 0 Å². The Kier molecular flexibility index (Phi) is 4.42. The first-order valence-corrected chi connectivity index (χ1v) is 7.96. The summed E-state index contributed by atoms with van der Waals surface area (Å²) in [6, 6.07) is -0.401. The van der Waals surface area contributed by atoms with Gasteiger partial charge in [-0.1, -0.05) is 20.8 Å². The molecule has 0 aromatic carbocycles. The van der Waals surface area contributed by atoms with Crippen LogP contribution >= 0.6 is 11.3 Å². The van der Waals surface area contributed by atoms with Gasteiger partial charge in [-0.2, -0.15) is 0 Å². The van der Waals surface area contributed by atoms with Gasteiger partial charge in [-0.25, -0.2) is 0 Å². The molecule has 0 saturated carbocycles. The molecule has 2 amide bonds. The molecule has 2 rings (SSSR count). The van der Waals surface area contributed by atoms with E-state index < -0.39 is 11.6 Å². The maximum atomic E-state index is 12.7. The summed E-state index contributed by atoms with van der Waals surface area (Å²) in [5, 5.41) is 2.88. The quantitative estimate of drug-likeness (QED) is 0.903. The molecule has 1 saturated heterocycles. The van der Waals surface area contributed by atoms with E-state index in [9.17, 15) is 9.59 Å². The monoisotopic (exact) mass is 295 g/mol. The number of hydrogen-bond acceptors (Lipinski definition) is 4. The van der Waals surface area contributed by atoms with Crippen LogP contribution < -0.4 is 5.32 Å². The van der Waals surface area contributed by atoms with E-state index in [-0.39, 0.29) is 11.8 Å². The van der Waals surface area contributed by atoms with Gasteiger partial charge in [0.1, 0.15) is 11.6 Å². The van der Waals surface area contributed by atoms with Crippen LogP contribution in [0.15, 0.2) is 11.7 Å². The van der Waals surface area contributed by atoms with Crippen molar-refractivity contribution in [3.05, 3.63) is 16.6 Å². The molecule has 1 aliphatic heterocycles. The van der Waals surface area contributed by atoms with E-state index in [4.69, 9.17) is 0 Å². The molecule has 1 aromatic heterocycles. The van der Waals surface area contributed by atoms with Crippen molar-refractivity contribution in [1.29, 1.82) is 0 Å². The van der Waals surface area contributed by atoms with Crippen LogP contribution in [0.5, 0.6) is 0 Å². The fraction of sp³-hybridized carbons (Fsp3) is 0.643. The van der Waals surface area contributed by atoms with Gasteiger partial charge in [-0.15, -0.1) is 11.3 Å². The lowest BCUT2D eigenvalue weighted by molar-refractivity contribution is -0.159. The zero-order valence-corrected chi connectivity index (χ0v) is 13.0. The van der Waals surface area contributed by atoms with Gasteiger partial charge in [-0.3, -0.25) is 14.6 Å². The number of piperazine rings is 1. The number of carbonyl (C=O) groups is 2. The molecular weight excluding hydrogens is 274 g/mol. The molecule has 0 spiro atoms. The molecule has 1 N–H and O–H groups in total. The molecule has 110 valence electrons. The summed E-state index contributed by atoms with van der Waals surface area (Å²) >= 11 is 1.51. The van der Waals surface area contributed by atoms with Crippen molar-refractivity contribution in [2.75, 3.05) is 0 Å². The van der Waals surface area contributed by atoms with Gasteiger partial charge in [0.05, 0.1) is 12.1 Å². The van der Waals surface area contributed by atoms with E-state index in [1.54, 1.807) is 16.6 Å². The topological polar surface area (TPSA) is 62.3 Å². The van der Waals surface area contributed by atoms with Gasteiger partial charge >= 0.3 is 0 Å². The van der Waals surface area contributed by atoms with Gasteiger partial charge in [0.2, 0.25) is 11.8 Å². The number of hydrogen-bond donors (Lipinski definition) is 1. The van der Waals surface area contributed by atoms with Gasteiger partial charge in [0.15, 0.2) is 0 Å². The molecule has 20 heavy (non-hydrogen) atoms. The molecular formula is C14H21N3O2S. The zero-order chi connectivity index (χ0) is 14.8. The highest BCUT2D eigenvalue weighted by molar-refractivity contribution is 7.09. The number of nitrogens with one attached hydrogen (secondary N) is 1. The SMILES string of the molecule is CCC1NC(=O)C(CC)(CC)N(Cc2cncs2)C1=O. The van der Waals surface area contributed by atoms with Crippen molar-refractivity contribution in [2.45, 2.75) is 58.2 Å². The van der Waals surface area contributed by atoms with Crippen LogP contribution in [-0.2, 0) is 16.1 Å². The van der Waals surface area contributed by atoms with Gasteiger partial charge < -0.3 is 10.2 Å². The third kappa shape index (κ3) is 2.32. The molecule has 1 aromatic rings. The second-order valence-electron chi connectivity index (χ2n) is 5.07. The average Bonchev–Trinajstić information content (AvgIpc) is 2.96. The summed E-state index contributed by atoms with van der Waals surface area (Å²) in [5.74, 6) is -0.0114. The summed E-state index contributed by atoms with van der Waals surface area (Å²) in [4.78, 5) is 32.0. The Morgan fingerprint density at radius 1 is 1.35 bits per heavy atom. The van der Waals surface area contributed by atoms with Crippen LogP contribution in [0.3, 0.4) is 0 Å². The minimum Gasteiger partial charge on any atom is -0.342 e. The van der Waals surface area contributed by atoms with E-state index in [1.807, 2.05) is 20.8 Å². The molecule has 1 atom stereocenters. The largest absolute Gasteiger partial charge is 0.342 e. The third-order valence-electron chi connectivity index (χ3n) is 4.18. The maximum absolute atomic E-state index is 12.7. The lowest BCUT2D eigenvalue weighted by Gasteiger charge is -2.47. The highest BCUT2D eigenvalue weighted by Crippen LogP contribution is 2.31. The first-order valence-electron chi connectivity index (χ1n) is 7.08. The lowest BCUT2D eigenvalue weighted by Crippen LogP contribution is -2.69. The van der Waals surface area contributed by atoms with Crippen molar-refractivity contribution in [1.82, 2.24) is 15.2 Å². The Morgan fingerprint density at radius 3 is 2.55 bits per heavy atom. The Balaban J connectivity index is 2.37. The number of nitrogens with zero attached hydrogens (tertiary/aromatic N) is 2. The van der Waals surface area contributed by atoms with E-state index in [0.29, 0.717) is 25.8 Å². The van der Waals surface area contributed by atoms with Crippen LogP contribution in [0.4, 0.5) is 0 Å². The standard InChI is InChI=1S/C14H21N3O2S/c1-4-11-12(18)17(8-10-7-15-9-20-10)14(5-2,6-3)13(19)16-11/h7,9,11H,4-6,8H2,1-3H3,(H,16,19). The molecule has 1 aliphatic rings. The Bertz CT molecular complexity index is 483. The predicted molar refractivity (Wildman–Crippen MR) is 78.2 cm³/mol. The summed E-state index contributed by atoms with van der Waals surface area (Å²) in [6.45, 7) is 6.30. The predicted octanol–water partition coefficient (Wildman–Crippen LogP) is 1.94.